The highest BCUT2D eigenvalue weighted by molar-refractivity contribution is 6.33. The number of rotatable bonds is 2. The van der Waals surface area contributed by atoms with E-state index in [-0.39, 0.29) is 16.3 Å². The number of benzene rings is 1. The fourth-order valence-electron chi connectivity index (χ4n) is 1.34. The monoisotopic (exact) mass is 268 g/mol. The van der Waals surface area contributed by atoms with E-state index >= 15 is 0 Å². The fourth-order valence-corrected chi connectivity index (χ4v) is 1.55. The number of amides is 1. The highest BCUT2D eigenvalue weighted by atomic mass is 35.5. The number of nitrogens with one attached hydrogen (secondary N) is 1. The third-order valence-electron chi connectivity index (χ3n) is 2.18. The van der Waals surface area contributed by atoms with Gasteiger partial charge in [-0.15, -0.1) is 0 Å². The van der Waals surface area contributed by atoms with Gasteiger partial charge in [0.2, 0.25) is 5.95 Å². The molecule has 3 nitrogen and oxygen atoms in total. The summed E-state index contributed by atoms with van der Waals surface area (Å²) in [5.74, 6) is -2.10. The molecule has 92 valence electrons. The number of nitrogens with zero attached hydrogens (tertiary/aromatic N) is 1. The van der Waals surface area contributed by atoms with Gasteiger partial charge in [-0.1, -0.05) is 11.6 Å². The van der Waals surface area contributed by atoms with E-state index < -0.39 is 17.7 Å². The predicted molar refractivity (Wildman–Crippen MR) is 63.6 cm³/mol. The molecule has 0 atom stereocenters. The van der Waals surface area contributed by atoms with Crippen molar-refractivity contribution in [1.29, 1.82) is 0 Å². The molecule has 6 heteroatoms. The van der Waals surface area contributed by atoms with Gasteiger partial charge in [0.15, 0.2) is 0 Å². The minimum Gasteiger partial charge on any atom is -0.320 e. The normalized spacial score (nSPS) is 10.2. The van der Waals surface area contributed by atoms with Crippen LogP contribution in [0.15, 0.2) is 36.5 Å². The topological polar surface area (TPSA) is 42.0 Å². The summed E-state index contributed by atoms with van der Waals surface area (Å²) in [7, 11) is 0. The molecule has 0 aliphatic carbocycles. The van der Waals surface area contributed by atoms with Crippen molar-refractivity contribution >= 4 is 23.2 Å². The van der Waals surface area contributed by atoms with E-state index in [1.165, 1.54) is 24.4 Å². The Kier molecular flexibility index (Phi) is 3.53. The van der Waals surface area contributed by atoms with E-state index in [1.54, 1.807) is 0 Å². The number of anilines is 1. The summed E-state index contributed by atoms with van der Waals surface area (Å²) >= 11 is 5.74. The second-order valence-electron chi connectivity index (χ2n) is 3.42. The molecule has 0 saturated carbocycles. The van der Waals surface area contributed by atoms with Crippen LogP contribution < -0.4 is 5.32 Å². The van der Waals surface area contributed by atoms with Crippen LogP contribution in [0.2, 0.25) is 5.02 Å². The number of halogens is 3. The minimum absolute atomic E-state index is 0.0349. The molecule has 0 fully saturated rings. The Morgan fingerprint density at radius 2 is 2.06 bits per heavy atom. The van der Waals surface area contributed by atoms with Gasteiger partial charge >= 0.3 is 0 Å². The van der Waals surface area contributed by atoms with Gasteiger partial charge < -0.3 is 5.32 Å². The average molecular weight is 269 g/mol. The lowest BCUT2D eigenvalue weighted by Gasteiger charge is -2.07. The smallest absolute Gasteiger partial charge is 0.260 e. The molecule has 0 radical (unpaired) electrons. The standard InChI is InChI=1S/C12H7ClF2N2O/c13-9-6-7(14)3-4-10(9)17-12(18)8-2-1-5-16-11(8)15/h1-6H,(H,17,18). The van der Waals surface area contributed by atoms with Crippen molar-refractivity contribution in [3.8, 4) is 0 Å². The summed E-state index contributed by atoms with van der Waals surface area (Å²) in [5.41, 5.74) is -0.00999. The second kappa shape index (κ2) is 5.10. The van der Waals surface area contributed by atoms with Gasteiger partial charge in [0, 0.05) is 6.20 Å². The van der Waals surface area contributed by atoms with Crippen molar-refractivity contribution in [1.82, 2.24) is 4.98 Å². The third-order valence-corrected chi connectivity index (χ3v) is 2.50. The number of aromatic nitrogens is 1. The molecule has 0 unspecified atom stereocenters. The number of carbonyl (C=O) groups excluding carboxylic acids is 1. The van der Waals surface area contributed by atoms with Gasteiger partial charge in [0.25, 0.3) is 5.91 Å². The first-order chi connectivity index (χ1) is 8.58. The summed E-state index contributed by atoms with van der Waals surface area (Å²) in [6.45, 7) is 0. The van der Waals surface area contributed by atoms with Crippen molar-refractivity contribution in [2.45, 2.75) is 0 Å². The Labute approximate surface area is 106 Å². The van der Waals surface area contributed by atoms with Crippen LogP contribution in [0, 0.1) is 11.8 Å². The quantitative estimate of drug-likeness (QED) is 0.850. The van der Waals surface area contributed by atoms with Gasteiger partial charge in [-0.2, -0.15) is 4.39 Å². The lowest BCUT2D eigenvalue weighted by molar-refractivity contribution is 0.102. The zero-order valence-corrected chi connectivity index (χ0v) is 9.71. The first kappa shape index (κ1) is 12.4. The Morgan fingerprint density at radius 3 is 2.72 bits per heavy atom. The number of pyridine rings is 1. The average Bonchev–Trinajstić information content (AvgIpc) is 2.33. The summed E-state index contributed by atoms with van der Waals surface area (Å²) in [5, 5.41) is 2.41. The van der Waals surface area contributed by atoms with Crippen molar-refractivity contribution in [2.75, 3.05) is 5.32 Å². The largest absolute Gasteiger partial charge is 0.320 e. The van der Waals surface area contributed by atoms with Crippen LogP contribution in [-0.2, 0) is 0 Å². The predicted octanol–water partition coefficient (Wildman–Crippen LogP) is 3.27. The van der Waals surface area contributed by atoms with Gasteiger partial charge in [-0.25, -0.2) is 9.37 Å². The van der Waals surface area contributed by atoms with Crippen molar-refractivity contribution < 1.29 is 13.6 Å². The Bertz CT molecular complexity index is 604. The first-order valence-corrected chi connectivity index (χ1v) is 5.32. The molecule has 1 heterocycles. The molecule has 0 spiro atoms. The number of hydrogen-bond acceptors (Lipinski definition) is 2. The molecular formula is C12H7ClF2N2O. The van der Waals surface area contributed by atoms with Gasteiger partial charge in [-0.3, -0.25) is 4.79 Å². The lowest BCUT2D eigenvalue weighted by atomic mass is 10.2. The van der Waals surface area contributed by atoms with E-state index in [4.69, 9.17) is 11.6 Å². The number of hydrogen-bond donors (Lipinski definition) is 1. The summed E-state index contributed by atoms with van der Waals surface area (Å²) in [6.07, 6.45) is 1.23. The zero-order chi connectivity index (χ0) is 13.1. The van der Waals surface area contributed by atoms with E-state index in [1.807, 2.05) is 0 Å². The van der Waals surface area contributed by atoms with Crippen LogP contribution in [0.3, 0.4) is 0 Å². The SMILES string of the molecule is O=C(Nc1ccc(F)cc1Cl)c1cccnc1F. The van der Waals surface area contributed by atoms with E-state index in [2.05, 4.69) is 10.3 Å². The maximum Gasteiger partial charge on any atom is 0.260 e. The molecule has 2 rings (SSSR count). The highest BCUT2D eigenvalue weighted by Gasteiger charge is 2.13. The molecule has 1 amide bonds. The summed E-state index contributed by atoms with van der Waals surface area (Å²) in [4.78, 5) is 15.1. The molecule has 0 aliphatic rings. The molecular weight excluding hydrogens is 262 g/mol. The third kappa shape index (κ3) is 2.62. The van der Waals surface area contributed by atoms with Crippen molar-refractivity contribution in [3.05, 3.63) is 58.9 Å². The maximum atomic E-state index is 13.2. The van der Waals surface area contributed by atoms with Gasteiger partial charge in [-0.05, 0) is 30.3 Å². The lowest BCUT2D eigenvalue weighted by Crippen LogP contribution is -2.14. The summed E-state index contributed by atoms with van der Waals surface area (Å²) < 4.78 is 26.0. The first-order valence-electron chi connectivity index (χ1n) is 4.95. The van der Waals surface area contributed by atoms with Gasteiger partial charge in [0.1, 0.15) is 5.82 Å². The molecule has 0 bridgehead atoms. The Balaban J connectivity index is 2.24. The molecule has 2 aromatic rings. The van der Waals surface area contributed by atoms with Crippen LogP contribution in [0.25, 0.3) is 0 Å². The van der Waals surface area contributed by atoms with E-state index in [0.717, 1.165) is 12.1 Å². The molecule has 18 heavy (non-hydrogen) atoms. The van der Waals surface area contributed by atoms with Crippen LogP contribution in [0.5, 0.6) is 0 Å². The van der Waals surface area contributed by atoms with E-state index in [0.29, 0.717) is 0 Å². The molecule has 0 aliphatic heterocycles. The minimum atomic E-state index is -0.881. The number of carbonyl (C=O) groups is 1. The van der Waals surface area contributed by atoms with Crippen LogP contribution in [0.4, 0.5) is 14.5 Å². The second-order valence-corrected chi connectivity index (χ2v) is 3.83. The maximum absolute atomic E-state index is 13.2. The molecule has 1 N–H and O–H groups in total. The Hall–Kier alpha value is -2.01. The highest BCUT2D eigenvalue weighted by Crippen LogP contribution is 2.23. The van der Waals surface area contributed by atoms with Crippen molar-refractivity contribution in [2.24, 2.45) is 0 Å². The van der Waals surface area contributed by atoms with Gasteiger partial charge in [0.05, 0.1) is 16.3 Å². The van der Waals surface area contributed by atoms with Crippen molar-refractivity contribution in [3.63, 3.8) is 0 Å². The van der Waals surface area contributed by atoms with Crippen LogP contribution >= 0.6 is 11.6 Å². The molecule has 0 saturated heterocycles. The van der Waals surface area contributed by atoms with Crippen LogP contribution in [-0.4, -0.2) is 10.9 Å². The zero-order valence-electron chi connectivity index (χ0n) is 8.95. The van der Waals surface area contributed by atoms with E-state index in [9.17, 15) is 13.6 Å². The summed E-state index contributed by atoms with van der Waals surface area (Å²) in [6, 6.07) is 6.21. The molecule has 1 aromatic carbocycles. The van der Waals surface area contributed by atoms with Crippen LogP contribution in [0.1, 0.15) is 10.4 Å². The fraction of sp³-hybridized carbons (Fsp3) is 0. The molecule has 1 aromatic heterocycles. The Morgan fingerprint density at radius 1 is 1.28 bits per heavy atom.